The van der Waals surface area contributed by atoms with Gasteiger partial charge in [0.1, 0.15) is 17.1 Å². The molecule has 4 aliphatic rings. The Bertz CT molecular complexity index is 2030. The van der Waals surface area contributed by atoms with E-state index in [0.717, 1.165) is 39.5 Å². The van der Waals surface area contributed by atoms with Crippen LogP contribution in [-0.4, -0.2) is 85.6 Å². The van der Waals surface area contributed by atoms with Crippen molar-refractivity contribution in [3.05, 3.63) is 93.9 Å². The van der Waals surface area contributed by atoms with Crippen molar-refractivity contribution in [2.75, 3.05) is 29.5 Å². The average molecular weight is 715 g/mol. The summed E-state index contributed by atoms with van der Waals surface area (Å²) in [5.74, 6) is -3.25. The van der Waals surface area contributed by atoms with E-state index >= 15 is 0 Å². The third kappa shape index (κ3) is 6.09. The summed E-state index contributed by atoms with van der Waals surface area (Å²) in [7, 11) is 0. The second kappa shape index (κ2) is 13.4. The number of hydrogen-bond donors (Lipinski definition) is 3. The number of carboxylic acid groups (broad SMARTS) is 1. The third-order valence-electron chi connectivity index (χ3n) is 8.96. The highest BCUT2D eigenvalue weighted by atomic mass is 32.2. The van der Waals surface area contributed by atoms with Gasteiger partial charge in [0.05, 0.1) is 11.7 Å². The van der Waals surface area contributed by atoms with Crippen LogP contribution in [-0.2, 0) is 43.5 Å². The fourth-order valence-electron chi connectivity index (χ4n) is 6.48. The molecule has 2 aromatic heterocycles. The molecular formula is C33H30N8O7S2. The number of benzene rings is 1. The molecule has 15 nitrogen and oxygen atoms in total. The van der Waals surface area contributed by atoms with E-state index in [9.17, 15) is 34.3 Å². The largest absolute Gasteiger partial charge is 0.543 e. The van der Waals surface area contributed by atoms with Crippen LogP contribution in [0.5, 0.6) is 0 Å². The third-order valence-corrected chi connectivity index (χ3v) is 10.9. The fourth-order valence-corrected chi connectivity index (χ4v) is 8.34. The number of nitrogen functional groups attached to an aromatic ring is 1. The van der Waals surface area contributed by atoms with Gasteiger partial charge in [0.25, 0.3) is 17.7 Å². The number of rotatable bonds is 9. The Balaban J connectivity index is 0.984. The maximum Gasteiger partial charge on any atom is 0.292 e. The number of hydrogen-bond acceptors (Lipinski definition) is 12. The summed E-state index contributed by atoms with van der Waals surface area (Å²) < 4.78 is 1.80. The molecule has 6 heterocycles. The number of carboxylic acids is 1. The van der Waals surface area contributed by atoms with Crippen molar-refractivity contribution in [1.82, 2.24) is 20.1 Å². The number of β-lactam (4-membered cyclic amide) rings is 1. The van der Waals surface area contributed by atoms with E-state index in [2.05, 4.69) is 15.5 Å². The predicted molar refractivity (Wildman–Crippen MR) is 179 cm³/mol. The van der Waals surface area contributed by atoms with E-state index in [0.29, 0.717) is 31.6 Å². The lowest BCUT2D eigenvalue weighted by molar-refractivity contribution is -0.684. The molecule has 4 aliphatic heterocycles. The molecule has 7 rings (SSSR count). The van der Waals surface area contributed by atoms with Crippen molar-refractivity contribution >= 4 is 69.2 Å². The van der Waals surface area contributed by atoms with Crippen LogP contribution in [0.2, 0.25) is 0 Å². The van der Waals surface area contributed by atoms with Gasteiger partial charge in [-0.05, 0) is 41.7 Å². The number of thioether (sulfide) groups is 1. The summed E-state index contributed by atoms with van der Waals surface area (Å²) in [6, 6.07) is 10.5. The summed E-state index contributed by atoms with van der Waals surface area (Å²) >= 11 is 2.26. The molecule has 0 unspecified atom stereocenters. The summed E-state index contributed by atoms with van der Waals surface area (Å²) in [6.07, 6.45) is 6.35. The predicted octanol–water partition coefficient (Wildman–Crippen LogP) is -0.457. The van der Waals surface area contributed by atoms with Gasteiger partial charge in [-0.15, -0.1) is 23.1 Å². The zero-order valence-electron chi connectivity index (χ0n) is 26.4. The van der Waals surface area contributed by atoms with Gasteiger partial charge in [-0.1, -0.05) is 23.4 Å². The van der Waals surface area contributed by atoms with E-state index in [1.807, 2.05) is 48.8 Å². The number of aromatic nitrogens is 2. The van der Waals surface area contributed by atoms with Crippen LogP contribution in [0.3, 0.4) is 0 Å². The molecule has 17 heteroatoms. The second-order valence-corrected chi connectivity index (χ2v) is 14.0. The van der Waals surface area contributed by atoms with Gasteiger partial charge in [0.2, 0.25) is 12.5 Å². The molecule has 4 N–H and O–H groups in total. The van der Waals surface area contributed by atoms with E-state index in [1.165, 1.54) is 23.2 Å². The van der Waals surface area contributed by atoms with E-state index in [4.69, 9.17) is 5.73 Å². The van der Waals surface area contributed by atoms with Crippen LogP contribution in [0.4, 0.5) is 10.8 Å². The second-order valence-electron chi connectivity index (χ2n) is 12.0. The number of nitrogens with zero attached hydrogens (tertiary/aromatic N) is 6. The van der Waals surface area contributed by atoms with Crippen molar-refractivity contribution < 1.29 is 38.9 Å². The topological polar surface area (TPSA) is 206 Å². The van der Waals surface area contributed by atoms with Crippen LogP contribution in [0.25, 0.3) is 0 Å². The van der Waals surface area contributed by atoms with Gasteiger partial charge >= 0.3 is 0 Å². The van der Waals surface area contributed by atoms with Crippen molar-refractivity contribution in [3.8, 4) is 0 Å². The number of para-hydroxylation sites is 1. The Kier molecular flexibility index (Phi) is 8.83. The number of pyridine rings is 1. The zero-order chi connectivity index (χ0) is 35.1. The standard InChI is InChI=1S/C33H30N8O7S2/c34-33-35-22(17-50-33)25(37-48)28(43)36-26-30(45)41-27(32(46)47)21(16-49-31(26)41)13-20-7-11-39(29(20)44)14-18-5-9-38(10-6-18)15-24(42)40-12-8-19-3-1-2-4-23(19)40/h1-6,9-10,13,17,26,31H,7-8,11-12,14-16H2,(H4-,34,35,36,43,46,47,48)/b20-13+/t26-,31-/m1/s1. The molecule has 3 aromatic rings. The first-order valence-electron chi connectivity index (χ1n) is 15.6. The van der Waals surface area contributed by atoms with Gasteiger partial charge in [-0.2, -0.15) is 4.57 Å². The number of nitrogens with two attached hydrogens (primary N) is 1. The number of fused-ring (bicyclic) bond motifs is 2. The molecule has 0 aliphatic carbocycles. The van der Waals surface area contributed by atoms with Gasteiger partial charge in [0.15, 0.2) is 23.2 Å². The monoisotopic (exact) mass is 714 g/mol. The first-order valence-corrected chi connectivity index (χ1v) is 17.6. The molecule has 0 saturated carbocycles. The Morgan fingerprint density at radius 2 is 1.92 bits per heavy atom. The lowest BCUT2D eigenvalue weighted by atomic mass is 10.0. The Morgan fingerprint density at radius 1 is 1.14 bits per heavy atom. The Hall–Kier alpha value is -5.55. The maximum atomic E-state index is 13.4. The Labute approximate surface area is 293 Å². The molecule has 0 spiro atoms. The number of anilines is 2. The van der Waals surface area contributed by atoms with E-state index in [-0.39, 0.29) is 46.2 Å². The number of nitrogens with one attached hydrogen (secondary N) is 1. The summed E-state index contributed by atoms with van der Waals surface area (Å²) in [5.41, 5.74) is 8.48. The number of aliphatic carboxylic acids is 1. The van der Waals surface area contributed by atoms with Crippen LogP contribution >= 0.6 is 23.1 Å². The molecule has 1 aromatic carbocycles. The minimum atomic E-state index is -1.58. The lowest BCUT2D eigenvalue weighted by Crippen LogP contribution is -2.71. The summed E-state index contributed by atoms with van der Waals surface area (Å²) in [4.78, 5) is 73.0. The molecule has 2 atom stereocenters. The van der Waals surface area contributed by atoms with Gasteiger partial charge in [-0.3, -0.25) is 24.1 Å². The zero-order valence-corrected chi connectivity index (χ0v) is 28.0. The number of likely N-dealkylation sites (tertiary alicyclic amines) is 1. The number of allylic oxidation sites excluding steroid dienone is 1. The SMILES string of the molecule is Nc1nc(/C(=N/O)C(=O)N[C@@H]2C(=O)N3C(C(=O)[O-])=C(/C=C4\CCN(Cc5cc[n+](CC(=O)N6CCc7ccccc76)cc5)C4=O)CS[C@H]23)cs1. The van der Waals surface area contributed by atoms with Gasteiger partial charge in [0, 0.05) is 54.2 Å². The van der Waals surface area contributed by atoms with E-state index in [1.54, 1.807) is 14.4 Å². The summed E-state index contributed by atoms with van der Waals surface area (Å²) in [5, 5.41) is 27.9. The highest BCUT2D eigenvalue weighted by Crippen LogP contribution is 2.41. The van der Waals surface area contributed by atoms with Gasteiger partial charge in [-0.25, -0.2) is 4.98 Å². The first kappa shape index (κ1) is 33.0. The van der Waals surface area contributed by atoms with Gasteiger partial charge < -0.3 is 36.0 Å². The van der Waals surface area contributed by atoms with Crippen LogP contribution < -0.4 is 25.6 Å². The normalized spacial score (nSPS) is 21.0. The molecule has 0 bridgehead atoms. The molecule has 2 saturated heterocycles. The van der Waals surface area contributed by atoms with Crippen LogP contribution in [0.1, 0.15) is 23.2 Å². The first-order chi connectivity index (χ1) is 24.1. The van der Waals surface area contributed by atoms with Crippen molar-refractivity contribution in [1.29, 1.82) is 0 Å². The highest BCUT2D eigenvalue weighted by molar-refractivity contribution is 8.00. The van der Waals surface area contributed by atoms with Crippen molar-refractivity contribution in [2.45, 2.75) is 37.3 Å². The fraction of sp³-hybridized carbons (Fsp3) is 0.273. The average Bonchev–Trinajstić information content (AvgIpc) is 3.83. The lowest BCUT2D eigenvalue weighted by Gasteiger charge is -2.50. The Morgan fingerprint density at radius 3 is 2.64 bits per heavy atom. The minimum absolute atomic E-state index is 0.00207. The number of carbonyl (C=O) groups excluding carboxylic acids is 5. The summed E-state index contributed by atoms with van der Waals surface area (Å²) in [6.45, 7) is 1.59. The molecule has 256 valence electrons. The molecule has 2 fully saturated rings. The quantitative estimate of drug-likeness (QED) is 0.0650. The number of oxime groups is 1. The van der Waals surface area contributed by atoms with Crippen molar-refractivity contribution in [2.24, 2.45) is 5.16 Å². The van der Waals surface area contributed by atoms with Crippen LogP contribution in [0, 0.1) is 0 Å². The van der Waals surface area contributed by atoms with Crippen molar-refractivity contribution in [3.63, 3.8) is 0 Å². The molecular weight excluding hydrogens is 685 g/mol. The molecule has 0 radical (unpaired) electrons. The number of amides is 4. The molecule has 4 amide bonds. The number of thiazole rings is 1. The van der Waals surface area contributed by atoms with E-state index < -0.39 is 34.9 Å². The smallest absolute Gasteiger partial charge is 0.292 e. The maximum absolute atomic E-state index is 13.4. The van der Waals surface area contributed by atoms with Crippen LogP contribution in [0.15, 0.2) is 82.2 Å². The highest BCUT2D eigenvalue weighted by Gasteiger charge is 2.53. The molecule has 50 heavy (non-hydrogen) atoms. The number of carbonyl (C=O) groups is 5. The minimum Gasteiger partial charge on any atom is -0.543 e.